The largest absolute Gasteiger partial charge is 0.497 e. The number of ether oxygens (including phenoxy) is 1. The molecular formula is C25H21ClN2O3. The van der Waals surface area contributed by atoms with Crippen molar-refractivity contribution in [3.8, 4) is 5.75 Å². The van der Waals surface area contributed by atoms with E-state index in [1.807, 2.05) is 32.0 Å². The lowest BCUT2D eigenvalue weighted by molar-refractivity contribution is -0.120. The van der Waals surface area contributed by atoms with Gasteiger partial charge in [-0.2, -0.15) is 0 Å². The number of amides is 2. The average Bonchev–Trinajstić information content (AvgIpc) is 3.00. The molecule has 1 heterocycles. The van der Waals surface area contributed by atoms with Crippen molar-refractivity contribution in [1.29, 1.82) is 0 Å². The average molecular weight is 433 g/mol. The molecule has 5 nitrogen and oxygen atoms in total. The molecule has 2 amide bonds. The molecule has 31 heavy (non-hydrogen) atoms. The fourth-order valence-corrected chi connectivity index (χ4v) is 3.83. The Kier molecular flexibility index (Phi) is 5.53. The first-order valence-corrected chi connectivity index (χ1v) is 10.1. The molecule has 6 heteroatoms. The van der Waals surface area contributed by atoms with E-state index in [0.29, 0.717) is 33.3 Å². The Balaban J connectivity index is 1.85. The smallest absolute Gasteiger partial charge is 0.282 e. The quantitative estimate of drug-likeness (QED) is 0.551. The van der Waals surface area contributed by atoms with Crippen LogP contribution in [0.2, 0.25) is 5.02 Å². The number of hydrogen-bond donors (Lipinski definition) is 1. The zero-order chi connectivity index (χ0) is 22.1. The highest BCUT2D eigenvalue weighted by Crippen LogP contribution is 2.36. The number of imide groups is 1. The molecule has 0 aliphatic carbocycles. The maximum atomic E-state index is 13.5. The number of halogens is 1. The summed E-state index contributed by atoms with van der Waals surface area (Å²) in [5.41, 5.74) is 4.13. The monoisotopic (exact) mass is 432 g/mol. The molecule has 0 radical (unpaired) electrons. The van der Waals surface area contributed by atoms with Crippen LogP contribution in [0.15, 0.2) is 72.4 Å². The number of rotatable bonds is 5. The minimum Gasteiger partial charge on any atom is -0.497 e. The van der Waals surface area contributed by atoms with Crippen LogP contribution in [0.1, 0.15) is 16.7 Å². The molecule has 4 rings (SSSR count). The van der Waals surface area contributed by atoms with Gasteiger partial charge in [-0.15, -0.1) is 0 Å². The number of carbonyl (C=O) groups excluding carboxylic acids is 2. The van der Waals surface area contributed by atoms with Gasteiger partial charge < -0.3 is 10.1 Å². The number of methoxy groups -OCH3 is 1. The van der Waals surface area contributed by atoms with Crippen molar-refractivity contribution in [2.45, 2.75) is 13.8 Å². The summed E-state index contributed by atoms with van der Waals surface area (Å²) in [4.78, 5) is 28.2. The normalized spacial score (nSPS) is 13.7. The molecule has 0 bridgehead atoms. The van der Waals surface area contributed by atoms with E-state index in [1.54, 1.807) is 55.6 Å². The van der Waals surface area contributed by atoms with Gasteiger partial charge >= 0.3 is 0 Å². The topological polar surface area (TPSA) is 58.6 Å². The van der Waals surface area contributed by atoms with Gasteiger partial charge in [0.1, 0.15) is 11.4 Å². The van der Waals surface area contributed by atoms with E-state index in [9.17, 15) is 9.59 Å². The molecule has 0 saturated heterocycles. The molecular weight excluding hydrogens is 412 g/mol. The summed E-state index contributed by atoms with van der Waals surface area (Å²) in [5.74, 6) is -0.113. The zero-order valence-electron chi connectivity index (χ0n) is 17.4. The third-order valence-corrected chi connectivity index (χ3v) is 5.50. The van der Waals surface area contributed by atoms with Crippen molar-refractivity contribution in [3.05, 3.63) is 94.1 Å². The summed E-state index contributed by atoms with van der Waals surface area (Å²) >= 11 is 6.08. The van der Waals surface area contributed by atoms with Gasteiger partial charge in [0.25, 0.3) is 11.8 Å². The Morgan fingerprint density at radius 1 is 0.871 bits per heavy atom. The standard InChI is InChI=1S/C25H21ClN2O3/c1-15-6-4-5-7-21(15)28-24(29)22(17-8-11-19(31-3)12-9-17)23(25(28)30)27-20-13-10-18(26)14-16(20)2/h4-14,27H,1-3H3. The van der Waals surface area contributed by atoms with Gasteiger partial charge in [-0.05, 0) is 66.9 Å². The third-order valence-electron chi connectivity index (χ3n) is 5.27. The summed E-state index contributed by atoms with van der Waals surface area (Å²) in [6, 6.07) is 19.7. The van der Waals surface area contributed by atoms with Crippen LogP contribution >= 0.6 is 11.6 Å². The predicted molar refractivity (Wildman–Crippen MR) is 123 cm³/mol. The molecule has 1 aliphatic rings. The Morgan fingerprint density at radius 3 is 2.23 bits per heavy atom. The molecule has 1 N–H and O–H groups in total. The predicted octanol–water partition coefficient (Wildman–Crippen LogP) is 5.36. The van der Waals surface area contributed by atoms with E-state index >= 15 is 0 Å². The summed E-state index contributed by atoms with van der Waals surface area (Å²) in [7, 11) is 1.58. The van der Waals surface area contributed by atoms with Crippen molar-refractivity contribution < 1.29 is 14.3 Å². The lowest BCUT2D eigenvalue weighted by Crippen LogP contribution is -2.33. The minimum atomic E-state index is -0.403. The van der Waals surface area contributed by atoms with Crippen molar-refractivity contribution in [3.63, 3.8) is 0 Å². The zero-order valence-corrected chi connectivity index (χ0v) is 18.2. The van der Waals surface area contributed by atoms with Crippen LogP contribution in [0.5, 0.6) is 5.75 Å². The van der Waals surface area contributed by atoms with Gasteiger partial charge in [0.05, 0.1) is 18.4 Å². The molecule has 0 unspecified atom stereocenters. The fourth-order valence-electron chi connectivity index (χ4n) is 3.61. The third kappa shape index (κ3) is 3.80. The Bertz CT molecular complexity index is 1220. The van der Waals surface area contributed by atoms with E-state index in [4.69, 9.17) is 16.3 Å². The molecule has 0 fully saturated rings. The van der Waals surface area contributed by atoms with Gasteiger partial charge in [0.15, 0.2) is 0 Å². The van der Waals surface area contributed by atoms with Crippen LogP contribution in [0.4, 0.5) is 11.4 Å². The first kappa shape index (κ1) is 20.7. The number of aryl methyl sites for hydroxylation is 2. The van der Waals surface area contributed by atoms with Crippen molar-refractivity contribution in [2.24, 2.45) is 0 Å². The van der Waals surface area contributed by atoms with Gasteiger partial charge in [-0.1, -0.05) is 41.9 Å². The SMILES string of the molecule is COc1ccc(C2=C(Nc3ccc(Cl)cc3C)C(=O)N(c3ccccc3C)C2=O)cc1. The Labute approximate surface area is 185 Å². The lowest BCUT2D eigenvalue weighted by atomic mass is 10.0. The molecule has 3 aromatic carbocycles. The van der Waals surface area contributed by atoms with Gasteiger partial charge in [0.2, 0.25) is 0 Å². The van der Waals surface area contributed by atoms with E-state index in [1.165, 1.54) is 4.90 Å². The molecule has 0 spiro atoms. The van der Waals surface area contributed by atoms with Crippen LogP contribution in [0.25, 0.3) is 5.57 Å². The maximum Gasteiger partial charge on any atom is 0.282 e. The van der Waals surface area contributed by atoms with Crippen molar-refractivity contribution >= 4 is 40.4 Å². The van der Waals surface area contributed by atoms with E-state index in [0.717, 1.165) is 11.1 Å². The lowest BCUT2D eigenvalue weighted by Gasteiger charge is -2.18. The Morgan fingerprint density at radius 2 is 1.58 bits per heavy atom. The van der Waals surface area contributed by atoms with E-state index < -0.39 is 5.91 Å². The van der Waals surface area contributed by atoms with Gasteiger partial charge in [0, 0.05) is 10.7 Å². The highest BCUT2D eigenvalue weighted by Gasteiger charge is 2.40. The first-order valence-electron chi connectivity index (χ1n) is 9.77. The number of carbonyl (C=O) groups is 2. The van der Waals surface area contributed by atoms with Crippen molar-refractivity contribution in [1.82, 2.24) is 0 Å². The molecule has 1 aliphatic heterocycles. The number of para-hydroxylation sites is 1. The number of hydrogen-bond acceptors (Lipinski definition) is 4. The second kappa shape index (κ2) is 8.28. The van der Waals surface area contributed by atoms with E-state index in [2.05, 4.69) is 5.32 Å². The van der Waals surface area contributed by atoms with Crippen LogP contribution in [0.3, 0.4) is 0 Å². The Hall–Kier alpha value is -3.57. The number of nitrogens with zero attached hydrogens (tertiary/aromatic N) is 1. The molecule has 0 atom stereocenters. The van der Waals surface area contributed by atoms with Gasteiger partial charge in [-0.3, -0.25) is 9.59 Å². The minimum absolute atomic E-state index is 0.226. The first-order chi connectivity index (χ1) is 14.9. The second-order valence-corrected chi connectivity index (χ2v) is 7.73. The summed E-state index contributed by atoms with van der Waals surface area (Å²) in [6.45, 7) is 3.76. The van der Waals surface area contributed by atoms with Gasteiger partial charge in [-0.25, -0.2) is 4.90 Å². The second-order valence-electron chi connectivity index (χ2n) is 7.29. The van der Waals surface area contributed by atoms with Crippen LogP contribution in [-0.4, -0.2) is 18.9 Å². The van der Waals surface area contributed by atoms with E-state index in [-0.39, 0.29) is 11.6 Å². The summed E-state index contributed by atoms with van der Waals surface area (Å²) < 4.78 is 5.23. The summed E-state index contributed by atoms with van der Waals surface area (Å²) in [5, 5.41) is 3.79. The van der Waals surface area contributed by atoms with Crippen LogP contribution in [0, 0.1) is 13.8 Å². The number of anilines is 2. The van der Waals surface area contributed by atoms with Crippen molar-refractivity contribution in [2.75, 3.05) is 17.3 Å². The summed E-state index contributed by atoms with van der Waals surface area (Å²) in [6.07, 6.45) is 0. The molecule has 0 saturated carbocycles. The number of nitrogens with one attached hydrogen (secondary N) is 1. The van der Waals surface area contributed by atoms with Crippen LogP contribution in [-0.2, 0) is 9.59 Å². The fraction of sp³-hybridized carbons (Fsp3) is 0.120. The molecule has 156 valence electrons. The molecule has 0 aromatic heterocycles. The molecule has 3 aromatic rings. The van der Waals surface area contributed by atoms with Crippen LogP contribution < -0.4 is 15.0 Å². The maximum absolute atomic E-state index is 13.5. The highest BCUT2D eigenvalue weighted by atomic mass is 35.5. The number of benzene rings is 3. The highest BCUT2D eigenvalue weighted by molar-refractivity contribution is 6.46.